The van der Waals surface area contributed by atoms with Crippen molar-refractivity contribution in [2.75, 3.05) is 25.7 Å². The molecule has 40 heavy (non-hydrogen) atoms. The Kier molecular flexibility index (Phi) is 12.2. The number of carbonyl (C=O) groups is 3. The van der Waals surface area contributed by atoms with Gasteiger partial charge in [-0.05, 0) is 47.6 Å². The summed E-state index contributed by atoms with van der Waals surface area (Å²) in [5, 5.41) is 9.07. The first-order valence-corrected chi connectivity index (χ1v) is 12.2. The van der Waals surface area contributed by atoms with Crippen LogP contribution in [0.3, 0.4) is 0 Å². The number of ether oxygens (including phenoxy) is 9. The molecule has 226 valence electrons. The largest absolute Gasteiger partial charge is 0.510 e. The Morgan fingerprint density at radius 1 is 0.950 bits per heavy atom. The lowest BCUT2D eigenvalue weighted by molar-refractivity contribution is -0.158. The monoisotopic (exact) mass is 578 g/mol. The van der Waals surface area contributed by atoms with Crippen LogP contribution in [0.2, 0.25) is 0 Å². The van der Waals surface area contributed by atoms with Crippen LogP contribution in [0.1, 0.15) is 49.1 Å². The number of aromatic nitrogens is 2. The van der Waals surface area contributed by atoms with Crippen LogP contribution in [-0.2, 0) is 42.6 Å². The summed E-state index contributed by atoms with van der Waals surface area (Å²) in [6.45, 7) is 7.48. The molecule has 0 radical (unpaired) electrons. The second kappa shape index (κ2) is 15.8. The fraction of sp³-hybridized carbons (Fsp3) is 0.696. The van der Waals surface area contributed by atoms with Crippen LogP contribution < -0.4 is 11.2 Å². The van der Waals surface area contributed by atoms with Crippen LogP contribution in [0.5, 0.6) is 0 Å². The number of nitrogens with one attached hydrogen (secondary N) is 1. The third kappa shape index (κ3) is 10.5. The summed E-state index contributed by atoms with van der Waals surface area (Å²) in [5.41, 5.74) is 0.638. The van der Waals surface area contributed by atoms with Gasteiger partial charge in [-0.1, -0.05) is 0 Å². The van der Waals surface area contributed by atoms with Crippen molar-refractivity contribution in [1.82, 2.24) is 9.55 Å². The lowest BCUT2D eigenvalue weighted by Crippen LogP contribution is -2.41. The van der Waals surface area contributed by atoms with Crippen LogP contribution >= 0.6 is 0 Å². The Labute approximate surface area is 230 Å². The van der Waals surface area contributed by atoms with E-state index in [-0.39, 0.29) is 5.82 Å². The Balaban J connectivity index is 2.38. The summed E-state index contributed by atoms with van der Waals surface area (Å²) in [6.07, 6.45) is -10.4. The highest BCUT2D eigenvalue weighted by molar-refractivity contribution is 5.60. The van der Waals surface area contributed by atoms with Gasteiger partial charge in [-0.3, -0.25) is 15.3 Å². The van der Waals surface area contributed by atoms with E-state index in [1.807, 2.05) is 0 Å². The van der Waals surface area contributed by atoms with E-state index in [1.54, 1.807) is 47.0 Å². The van der Waals surface area contributed by atoms with E-state index in [0.717, 1.165) is 12.3 Å². The van der Waals surface area contributed by atoms with Crippen molar-refractivity contribution in [3.63, 3.8) is 0 Å². The fourth-order valence-electron chi connectivity index (χ4n) is 3.09. The molecule has 2 heterocycles. The molecule has 17 nitrogen and oxygen atoms in total. The van der Waals surface area contributed by atoms with Crippen LogP contribution in [0.15, 0.2) is 17.1 Å². The molecule has 2 N–H and O–H groups in total. The van der Waals surface area contributed by atoms with Gasteiger partial charge in [0.15, 0.2) is 25.6 Å². The molecule has 1 aromatic heterocycles. The lowest BCUT2D eigenvalue weighted by atomic mass is 10.1. The zero-order chi connectivity index (χ0) is 30.7. The van der Waals surface area contributed by atoms with Crippen LogP contribution in [0.4, 0.5) is 20.2 Å². The molecule has 2 rings (SSSR count). The molecule has 1 aromatic rings. The molecule has 0 aromatic carbocycles. The molecular formula is C23H35N3O14. The average molecular weight is 579 g/mol. The minimum absolute atomic E-state index is 0.230. The van der Waals surface area contributed by atoms with Gasteiger partial charge >= 0.3 is 24.2 Å². The molecule has 4 atom stereocenters. The van der Waals surface area contributed by atoms with Crippen LogP contribution in [-0.4, -0.2) is 90.0 Å². The highest BCUT2D eigenvalue weighted by Crippen LogP contribution is 2.33. The number of nitrogens with zero attached hydrogens (tertiary/aromatic N) is 2. The molecule has 1 aliphatic rings. The normalized spacial score (nSPS) is 22.6. The van der Waals surface area contributed by atoms with E-state index >= 15 is 0 Å². The highest BCUT2D eigenvalue weighted by Gasteiger charge is 2.49. The number of hydrogen-bond acceptors (Lipinski definition) is 16. The molecule has 0 amide bonds. The van der Waals surface area contributed by atoms with Gasteiger partial charge < -0.3 is 42.6 Å². The van der Waals surface area contributed by atoms with Gasteiger partial charge in [-0.15, -0.1) is 0 Å². The van der Waals surface area contributed by atoms with Gasteiger partial charge in [0.1, 0.15) is 24.9 Å². The maximum absolute atomic E-state index is 12.8. The fourth-order valence-corrected chi connectivity index (χ4v) is 3.09. The van der Waals surface area contributed by atoms with Crippen molar-refractivity contribution in [2.45, 2.75) is 84.4 Å². The minimum atomic E-state index is -2.48. The predicted octanol–water partition coefficient (Wildman–Crippen LogP) is 2.31. The minimum Gasteiger partial charge on any atom is -0.432 e. The lowest BCUT2D eigenvalue weighted by Gasteiger charge is -2.25. The van der Waals surface area contributed by atoms with E-state index in [4.69, 9.17) is 49.2 Å². The quantitative estimate of drug-likeness (QED) is 0.149. The Morgan fingerprint density at radius 3 is 1.93 bits per heavy atom. The third-order valence-corrected chi connectivity index (χ3v) is 4.56. The van der Waals surface area contributed by atoms with E-state index in [9.17, 15) is 19.2 Å². The van der Waals surface area contributed by atoms with E-state index in [1.165, 1.54) is 0 Å². The second-order valence-electron chi connectivity index (χ2n) is 8.88. The van der Waals surface area contributed by atoms with Gasteiger partial charge in [0.25, 0.3) is 0 Å². The number of rotatable bonds is 13. The summed E-state index contributed by atoms with van der Waals surface area (Å²) < 4.78 is 56.4. The van der Waals surface area contributed by atoms with Crippen molar-refractivity contribution in [3.05, 3.63) is 22.7 Å². The molecule has 1 saturated heterocycles. The smallest absolute Gasteiger partial charge is 0.432 e. The number of carbonyl (C=O) groups excluding carboxylic acids is 3. The first-order chi connectivity index (χ1) is 19.3. The Hall–Kier alpha value is -3.67. The van der Waals surface area contributed by atoms with Crippen molar-refractivity contribution in [1.29, 1.82) is 0 Å². The third-order valence-electron chi connectivity index (χ3n) is 4.56. The summed E-state index contributed by atoms with van der Waals surface area (Å²) in [7, 11) is 0. The van der Waals surface area contributed by atoms with Crippen molar-refractivity contribution < 1.29 is 63.6 Å². The molecule has 0 unspecified atom stereocenters. The van der Waals surface area contributed by atoms with Gasteiger partial charge in [0.2, 0.25) is 0 Å². The first-order valence-electron chi connectivity index (χ1n) is 12.7. The van der Waals surface area contributed by atoms with Gasteiger partial charge in [-0.25, -0.2) is 19.2 Å². The molecule has 0 spiro atoms. The first kappa shape index (κ1) is 30.9. The average Bonchev–Trinajstić information content (AvgIpc) is 3.12. The van der Waals surface area contributed by atoms with Gasteiger partial charge in [0, 0.05) is 6.20 Å². The summed E-state index contributed by atoms with van der Waals surface area (Å²) >= 11 is 0. The molecule has 1 fully saturated rings. The maximum Gasteiger partial charge on any atom is 0.510 e. The molecule has 17 heteroatoms. The maximum atomic E-state index is 12.8. The molecule has 0 aliphatic carbocycles. The predicted molar refractivity (Wildman–Crippen MR) is 130 cm³/mol. The standard InChI is InChI=1S/C23H35N3O14/c1-12(2)37-21(28)32-9-15-17(33-10-35-22(29)38-13(3)4)18(34-11-36-23(30)39-14(5)6)19(40-15)26-8-7-16(25-31)24-20(26)27/h7-8,12-15,17-19,31H,9-11H2,1-6H3,(H,24,25,27)/t15-,17-,18-,19-/m1/s1/i19D. The van der Waals surface area contributed by atoms with Crippen LogP contribution in [0, 0.1) is 0 Å². The Morgan fingerprint density at radius 2 is 1.45 bits per heavy atom. The summed E-state index contributed by atoms with van der Waals surface area (Å²) in [4.78, 5) is 52.1. The van der Waals surface area contributed by atoms with E-state index < -0.39 is 87.2 Å². The van der Waals surface area contributed by atoms with Crippen molar-refractivity contribution >= 4 is 24.3 Å². The number of anilines is 1. The SMILES string of the molecule is [2H][C@@]1(n2ccc(NO)nc2=O)O[C@H](COC(=O)OC(C)C)[C@@H](OCOC(=O)OC(C)C)[C@H]1OCOC(=O)OC(C)C. The van der Waals surface area contributed by atoms with Crippen molar-refractivity contribution in [3.8, 4) is 0 Å². The summed E-state index contributed by atoms with van der Waals surface area (Å²) in [5.74, 6) is -0.230. The molecular weight excluding hydrogens is 542 g/mol. The number of hydrogen-bond donors (Lipinski definition) is 2. The molecule has 1 aliphatic heterocycles. The van der Waals surface area contributed by atoms with Crippen LogP contribution in [0.25, 0.3) is 0 Å². The van der Waals surface area contributed by atoms with E-state index in [0.29, 0.717) is 4.57 Å². The summed E-state index contributed by atoms with van der Waals surface area (Å²) in [6, 6.07) is 1.15. The topological polar surface area (TPSA) is 201 Å². The zero-order valence-corrected chi connectivity index (χ0v) is 22.9. The molecule has 0 saturated carbocycles. The second-order valence-corrected chi connectivity index (χ2v) is 8.88. The van der Waals surface area contributed by atoms with Gasteiger partial charge in [-0.2, -0.15) is 4.98 Å². The van der Waals surface area contributed by atoms with Gasteiger partial charge in [0.05, 0.1) is 19.7 Å². The van der Waals surface area contributed by atoms with E-state index in [2.05, 4.69) is 4.98 Å². The Bertz CT molecular complexity index is 1080. The zero-order valence-electron chi connectivity index (χ0n) is 23.9. The highest BCUT2D eigenvalue weighted by atomic mass is 16.8. The molecule has 0 bridgehead atoms. The van der Waals surface area contributed by atoms with Crippen molar-refractivity contribution in [2.24, 2.45) is 0 Å².